The normalized spacial score (nSPS) is 9.94. The molecule has 0 atom stereocenters. The first kappa shape index (κ1) is 13.2. The van der Waals surface area contributed by atoms with Gasteiger partial charge in [0, 0.05) is 13.7 Å². The SMILES string of the molecule is COCCCc1cc(Cl)c(Cl)cc1N=C=O. The van der Waals surface area contributed by atoms with Crippen molar-refractivity contribution in [3.05, 3.63) is 27.7 Å². The molecular weight excluding hydrogens is 249 g/mol. The first-order valence-corrected chi connectivity index (χ1v) is 5.49. The summed E-state index contributed by atoms with van der Waals surface area (Å²) in [6.45, 7) is 0.643. The number of hydrogen-bond donors (Lipinski definition) is 0. The maximum absolute atomic E-state index is 10.3. The summed E-state index contributed by atoms with van der Waals surface area (Å²) in [6.07, 6.45) is 3.06. The molecule has 0 aliphatic rings. The Kier molecular flexibility index (Phi) is 5.50. The third-order valence-corrected chi connectivity index (χ3v) is 2.80. The second-order valence-corrected chi connectivity index (χ2v) is 4.01. The summed E-state index contributed by atoms with van der Waals surface area (Å²) in [4.78, 5) is 13.9. The molecule has 1 rings (SSSR count). The van der Waals surface area contributed by atoms with Gasteiger partial charge >= 0.3 is 0 Å². The highest BCUT2D eigenvalue weighted by Gasteiger charge is 2.07. The number of aryl methyl sites for hydroxylation is 1. The van der Waals surface area contributed by atoms with Gasteiger partial charge in [0.15, 0.2) is 0 Å². The molecule has 0 fully saturated rings. The third-order valence-electron chi connectivity index (χ3n) is 2.08. The Balaban J connectivity index is 2.95. The number of rotatable bonds is 5. The van der Waals surface area contributed by atoms with Crippen LogP contribution in [0.15, 0.2) is 17.1 Å². The van der Waals surface area contributed by atoms with Gasteiger partial charge in [-0.15, -0.1) is 0 Å². The molecule has 1 aromatic carbocycles. The van der Waals surface area contributed by atoms with E-state index in [1.165, 1.54) is 6.08 Å². The van der Waals surface area contributed by atoms with Gasteiger partial charge in [-0.2, -0.15) is 4.99 Å². The number of aliphatic imine (C=N–C) groups is 1. The van der Waals surface area contributed by atoms with Crippen LogP contribution in [0.5, 0.6) is 0 Å². The maximum atomic E-state index is 10.3. The molecular formula is C11H11Cl2NO2. The molecule has 0 aliphatic heterocycles. The molecule has 0 bridgehead atoms. The molecule has 0 N–H and O–H groups in total. The topological polar surface area (TPSA) is 38.7 Å². The Morgan fingerprint density at radius 3 is 2.69 bits per heavy atom. The first-order valence-electron chi connectivity index (χ1n) is 4.73. The summed E-state index contributed by atoms with van der Waals surface area (Å²) >= 11 is 11.7. The van der Waals surface area contributed by atoms with E-state index in [0.29, 0.717) is 22.3 Å². The zero-order chi connectivity index (χ0) is 12.0. The molecule has 0 saturated heterocycles. The lowest BCUT2D eigenvalue weighted by atomic mass is 10.1. The number of carbonyl (C=O) groups excluding carboxylic acids is 1. The van der Waals surface area contributed by atoms with Gasteiger partial charge in [-0.05, 0) is 30.5 Å². The molecule has 0 saturated carbocycles. The van der Waals surface area contributed by atoms with E-state index in [1.807, 2.05) is 0 Å². The lowest BCUT2D eigenvalue weighted by Crippen LogP contribution is -1.93. The van der Waals surface area contributed by atoms with E-state index in [-0.39, 0.29) is 0 Å². The Labute approximate surface area is 104 Å². The van der Waals surface area contributed by atoms with Crippen LogP contribution >= 0.6 is 23.2 Å². The van der Waals surface area contributed by atoms with Gasteiger partial charge < -0.3 is 4.74 Å². The maximum Gasteiger partial charge on any atom is 0.240 e. The fraction of sp³-hybridized carbons (Fsp3) is 0.364. The molecule has 0 spiro atoms. The van der Waals surface area contributed by atoms with E-state index in [2.05, 4.69) is 4.99 Å². The number of halogens is 2. The second-order valence-electron chi connectivity index (χ2n) is 3.19. The van der Waals surface area contributed by atoms with Crippen LogP contribution in [0.1, 0.15) is 12.0 Å². The third kappa shape index (κ3) is 3.62. The summed E-state index contributed by atoms with van der Waals surface area (Å²) in [5.74, 6) is 0. The first-order chi connectivity index (χ1) is 7.69. The van der Waals surface area contributed by atoms with E-state index in [1.54, 1.807) is 19.2 Å². The second kappa shape index (κ2) is 6.66. The van der Waals surface area contributed by atoms with Crippen LogP contribution in [0.25, 0.3) is 0 Å². The van der Waals surface area contributed by atoms with Crippen LogP contribution in [0.3, 0.4) is 0 Å². The predicted octanol–water partition coefficient (Wildman–Crippen LogP) is 3.54. The van der Waals surface area contributed by atoms with E-state index in [9.17, 15) is 4.79 Å². The van der Waals surface area contributed by atoms with Crippen LogP contribution < -0.4 is 0 Å². The van der Waals surface area contributed by atoms with Crippen LogP contribution in [0, 0.1) is 0 Å². The molecule has 0 radical (unpaired) electrons. The summed E-state index contributed by atoms with van der Waals surface area (Å²) in [7, 11) is 1.64. The highest BCUT2D eigenvalue weighted by atomic mass is 35.5. The van der Waals surface area contributed by atoms with E-state index in [0.717, 1.165) is 18.4 Å². The predicted molar refractivity (Wildman–Crippen MR) is 64.4 cm³/mol. The van der Waals surface area contributed by atoms with Gasteiger partial charge in [0.05, 0.1) is 15.7 Å². The minimum absolute atomic E-state index is 0.381. The van der Waals surface area contributed by atoms with E-state index < -0.39 is 0 Å². The Hall–Kier alpha value is -0.860. The van der Waals surface area contributed by atoms with Crippen molar-refractivity contribution >= 4 is 35.0 Å². The number of nitrogens with zero attached hydrogens (tertiary/aromatic N) is 1. The highest BCUT2D eigenvalue weighted by Crippen LogP contribution is 2.31. The molecule has 0 heterocycles. The zero-order valence-corrected chi connectivity index (χ0v) is 10.3. The van der Waals surface area contributed by atoms with Crippen LogP contribution in [-0.4, -0.2) is 19.8 Å². The monoisotopic (exact) mass is 259 g/mol. The van der Waals surface area contributed by atoms with Crippen LogP contribution in [0.4, 0.5) is 5.69 Å². The molecule has 3 nitrogen and oxygen atoms in total. The van der Waals surface area contributed by atoms with Crippen molar-refractivity contribution < 1.29 is 9.53 Å². The quantitative estimate of drug-likeness (QED) is 0.461. The lowest BCUT2D eigenvalue weighted by Gasteiger charge is -2.06. The Morgan fingerprint density at radius 2 is 2.06 bits per heavy atom. The molecule has 1 aromatic rings. The van der Waals surface area contributed by atoms with Gasteiger partial charge in [0.1, 0.15) is 0 Å². The molecule has 86 valence electrons. The fourth-order valence-corrected chi connectivity index (χ4v) is 1.68. The van der Waals surface area contributed by atoms with Crippen molar-refractivity contribution in [2.45, 2.75) is 12.8 Å². The van der Waals surface area contributed by atoms with Gasteiger partial charge in [-0.25, -0.2) is 4.79 Å². The van der Waals surface area contributed by atoms with Crippen molar-refractivity contribution in [1.82, 2.24) is 0 Å². The van der Waals surface area contributed by atoms with Crippen molar-refractivity contribution in [3.63, 3.8) is 0 Å². The number of benzene rings is 1. The minimum Gasteiger partial charge on any atom is -0.385 e. The average Bonchev–Trinajstić information content (AvgIpc) is 2.25. The van der Waals surface area contributed by atoms with E-state index >= 15 is 0 Å². The summed E-state index contributed by atoms with van der Waals surface area (Å²) in [6, 6.07) is 3.28. The molecule has 0 aromatic heterocycles. The highest BCUT2D eigenvalue weighted by molar-refractivity contribution is 6.42. The van der Waals surface area contributed by atoms with Crippen molar-refractivity contribution in [3.8, 4) is 0 Å². The molecule has 0 aliphatic carbocycles. The number of isocyanates is 1. The molecule has 0 unspecified atom stereocenters. The Bertz CT molecular complexity index is 415. The number of methoxy groups -OCH3 is 1. The average molecular weight is 260 g/mol. The molecule has 0 amide bonds. The zero-order valence-electron chi connectivity index (χ0n) is 8.80. The van der Waals surface area contributed by atoms with Crippen molar-refractivity contribution in [2.75, 3.05) is 13.7 Å². The van der Waals surface area contributed by atoms with Gasteiger partial charge in [-0.1, -0.05) is 23.2 Å². The number of hydrogen-bond acceptors (Lipinski definition) is 3. The van der Waals surface area contributed by atoms with Crippen LogP contribution in [0.2, 0.25) is 10.0 Å². The largest absolute Gasteiger partial charge is 0.385 e. The lowest BCUT2D eigenvalue weighted by molar-refractivity contribution is 0.195. The standard InChI is InChI=1S/C11H11Cl2NO2/c1-16-4-2-3-8-5-9(12)10(13)6-11(8)14-7-15/h5-6H,2-4H2,1H3. The number of ether oxygens (including phenoxy) is 1. The van der Waals surface area contributed by atoms with Crippen LogP contribution in [-0.2, 0) is 16.0 Å². The summed E-state index contributed by atoms with van der Waals surface area (Å²) < 4.78 is 4.95. The fourth-order valence-electron chi connectivity index (χ4n) is 1.34. The van der Waals surface area contributed by atoms with Crippen molar-refractivity contribution in [1.29, 1.82) is 0 Å². The molecule has 5 heteroatoms. The summed E-state index contributed by atoms with van der Waals surface area (Å²) in [5.41, 5.74) is 1.38. The minimum atomic E-state index is 0.381. The Morgan fingerprint density at radius 1 is 1.38 bits per heavy atom. The van der Waals surface area contributed by atoms with Gasteiger partial charge in [-0.3, -0.25) is 0 Å². The van der Waals surface area contributed by atoms with Gasteiger partial charge in [0.25, 0.3) is 0 Å². The van der Waals surface area contributed by atoms with E-state index in [4.69, 9.17) is 27.9 Å². The van der Waals surface area contributed by atoms with Gasteiger partial charge in [0.2, 0.25) is 6.08 Å². The molecule has 16 heavy (non-hydrogen) atoms. The van der Waals surface area contributed by atoms with Crippen molar-refractivity contribution in [2.24, 2.45) is 4.99 Å². The summed E-state index contributed by atoms with van der Waals surface area (Å²) in [5, 5.41) is 0.838. The smallest absolute Gasteiger partial charge is 0.240 e.